The SMILES string of the molecule is C=CC(=O)OC(CC)(CCC)[N+](CC)(CC)CC. The van der Waals surface area contributed by atoms with Crippen LogP contribution in [0.1, 0.15) is 53.9 Å². The lowest BCUT2D eigenvalue weighted by molar-refractivity contribution is -0.994. The monoisotopic (exact) mass is 256 g/mol. The molecule has 0 aromatic rings. The van der Waals surface area contributed by atoms with Crippen molar-refractivity contribution in [2.24, 2.45) is 0 Å². The highest BCUT2D eigenvalue weighted by Crippen LogP contribution is 2.34. The van der Waals surface area contributed by atoms with Crippen molar-refractivity contribution in [3.05, 3.63) is 12.7 Å². The van der Waals surface area contributed by atoms with Crippen molar-refractivity contribution in [3.63, 3.8) is 0 Å². The zero-order chi connectivity index (χ0) is 14.2. The molecule has 0 aliphatic carbocycles. The van der Waals surface area contributed by atoms with Crippen LogP contribution in [0.25, 0.3) is 0 Å². The number of rotatable bonds is 9. The van der Waals surface area contributed by atoms with Gasteiger partial charge in [-0.3, -0.25) is 4.48 Å². The molecule has 1 unspecified atom stereocenters. The minimum atomic E-state index is -0.404. The summed E-state index contributed by atoms with van der Waals surface area (Å²) in [6.45, 7) is 17.2. The fourth-order valence-corrected chi connectivity index (χ4v) is 3.12. The smallest absolute Gasteiger partial charge is 0.334 e. The molecule has 106 valence electrons. The number of esters is 1. The van der Waals surface area contributed by atoms with Gasteiger partial charge in [-0.2, -0.15) is 0 Å². The van der Waals surface area contributed by atoms with Crippen LogP contribution in [0.15, 0.2) is 12.7 Å². The van der Waals surface area contributed by atoms with Gasteiger partial charge in [-0.25, -0.2) is 4.79 Å². The van der Waals surface area contributed by atoms with Crippen LogP contribution >= 0.6 is 0 Å². The summed E-state index contributed by atoms with van der Waals surface area (Å²) in [7, 11) is 0. The number of carbonyl (C=O) groups excluding carboxylic acids is 1. The molecule has 0 aromatic heterocycles. The third-order valence-corrected chi connectivity index (χ3v) is 4.33. The summed E-state index contributed by atoms with van der Waals surface area (Å²) in [6, 6.07) is 0. The number of carbonyl (C=O) groups is 1. The van der Waals surface area contributed by atoms with E-state index in [0.717, 1.165) is 43.4 Å². The van der Waals surface area contributed by atoms with Gasteiger partial charge < -0.3 is 4.74 Å². The molecule has 0 spiro atoms. The average molecular weight is 256 g/mol. The fourth-order valence-electron chi connectivity index (χ4n) is 3.12. The van der Waals surface area contributed by atoms with Crippen LogP contribution in [0, 0.1) is 0 Å². The molecule has 0 bridgehead atoms. The molecule has 0 aliphatic rings. The molecule has 18 heavy (non-hydrogen) atoms. The predicted octanol–water partition coefficient (Wildman–Crippen LogP) is 3.50. The predicted molar refractivity (Wildman–Crippen MR) is 76.1 cm³/mol. The Labute approximate surface area is 112 Å². The van der Waals surface area contributed by atoms with Gasteiger partial charge in [0.1, 0.15) is 0 Å². The van der Waals surface area contributed by atoms with E-state index in [-0.39, 0.29) is 5.97 Å². The first kappa shape index (κ1) is 17.2. The third-order valence-electron chi connectivity index (χ3n) is 4.33. The Bertz CT molecular complexity index is 263. The molecule has 0 aliphatic heterocycles. The molecule has 0 rings (SSSR count). The maximum absolute atomic E-state index is 11.7. The molecular weight excluding hydrogens is 226 g/mol. The maximum atomic E-state index is 11.7. The molecule has 0 radical (unpaired) electrons. The average Bonchev–Trinajstić information content (AvgIpc) is 2.40. The number of hydrogen-bond donors (Lipinski definition) is 0. The summed E-state index contributed by atoms with van der Waals surface area (Å²) in [5.74, 6) is -0.303. The Hall–Kier alpha value is -0.830. The summed E-state index contributed by atoms with van der Waals surface area (Å²) in [6.07, 6.45) is 4.03. The lowest BCUT2D eigenvalue weighted by Gasteiger charge is -2.50. The highest BCUT2D eigenvalue weighted by atomic mass is 16.6. The molecule has 0 saturated carbocycles. The second-order valence-corrected chi connectivity index (χ2v) is 4.77. The highest BCUT2D eigenvalue weighted by molar-refractivity contribution is 5.81. The van der Waals surface area contributed by atoms with E-state index in [2.05, 4.69) is 41.2 Å². The molecule has 3 heteroatoms. The summed E-state index contributed by atoms with van der Waals surface area (Å²) in [5, 5.41) is 0. The zero-order valence-electron chi connectivity index (χ0n) is 12.8. The summed E-state index contributed by atoms with van der Waals surface area (Å²) >= 11 is 0. The lowest BCUT2D eigenvalue weighted by atomic mass is 9.98. The van der Waals surface area contributed by atoms with Gasteiger partial charge in [0, 0.05) is 18.9 Å². The van der Waals surface area contributed by atoms with Gasteiger partial charge in [0.25, 0.3) is 0 Å². The van der Waals surface area contributed by atoms with E-state index in [9.17, 15) is 4.79 Å². The Balaban J connectivity index is 5.51. The standard InChI is InChI=1S/C15H30NO2/c1-7-13-15(9-3,18-14(17)8-2)16(10-4,11-5)12-6/h8H,2,7,9-13H2,1,3-6H3/q+1. The number of hydrogen-bond acceptors (Lipinski definition) is 2. The second kappa shape index (κ2) is 7.57. The Morgan fingerprint density at radius 3 is 1.94 bits per heavy atom. The molecule has 1 atom stereocenters. The van der Waals surface area contributed by atoms with Crippen LogP contribution in [-0.4, -0.2) is 35.8 Å². The molecule has 0 aromatic carbocycles. The first-order valence-corrected chi connectivity index (χ1v) is 7.22. The van der Waals surface area contributed by atoms with Crippen molar-refractivity contribution in [3.8, 4) is 0 Å². The van der Waals surface area contributed by atoms with Crippen molar-refractivity contribution in [1.82, 2.24) is 0 Å². The van der Waals surface area contributed by atoms with Crippen LogP contribution < -0.4 is 0 Å². The van der Waals surface area contributed by atoms with Gasteiger partial charge in [0.15, 0.2) is 0 Å². The van der Waals surface area contributed by atoms with Crippen molar-refractivity contribution >= 4 is 5.97 Å². The fraction of sp³-hybridized carbons (Fsp3) is 0.800. The lowest BCUT2D eigenvalue weighted by Crippen LogP contribution is -2.65. The minimum absolute atomic E-state index is 0.303. The van der Waals surface area contributed by atoms with Crippen LogP contribution in [0.3, 0.4) is 0 Å². The van der Waals surface area contributed by atoms with E-state index >= 15 is 0 Å². The van der Waals surface area contributed by atoms with Gasteiger partial charge >= 0.3 is 5.97 Å². The van der Waals surface area contributed by atoms with Gasteiger partial charge in [0.2, 0.25) is 5.72 Å². The summed E-state index contributed by atoms with van der Waals surface area (Å²) < 4.78 is 6.66. The topological polar surface area (TPSA) is 26.3 Å². The van der Waals surface area contributed by atoms with Crippen LogP contribution in [-0.2, 0) is 9.53 Å². The van der Waals surface area contributed by atoms with Gasteiger partial charge in [-0.15, -0.1) is 0 Å². The van der Waals surface area contributed by atoms with E-state index in [0.29, 0.717) is 0 Å². The van der Waals surface area contributed by atoms with E-state index in [4.69, 9.17) is 4.74 Å². The molecule has 0 saturated heterocycles. The molecule has 0 N–H and O–H groups in total. The van der Waals surface area contributed by atoms with Crippen LogP contribution in [0.2, 0.25) is 0 Å². The van der Waals surface area contributed by atoms with Crippen molar-refractivity contribution < 1.29 is 14.0 Å². The zero-order valence-corrected chi connectivity index (χ0v) is 12.8. The largest absolute Gasteiger partial charge is 0.407 e. The molecule has 3 nitrogen and oxygen atoms in total. The minimum Gasteiger partial charge on any atom is -0.407 e. The summed E-state index contributed by atoms with van der Waals surface area (Å²) in [5.41, 5.74) is -0.404. The number of quaternary nitrogens is 1. The van der Waals surface area contributed by atoms with Crippen molar-refractivity contribution in [2.75, 3.05) is 19.6 Å². The molecule has 0 fully saturated rings. The van der Waals surface area contributed by atoms with Crippen LogP contribution in [0.5, 0.6) is 0 Å². The Kier molecular flexibility index (Phi) is 7.22. The van der Waals surface area contributed by atoms with E-state index < -0.39 is 5.72 Å². The van der Waals surface area contributed by atoms with Crippen LogP contribution in [0.4, 0.5) is 0 Å². The maximum Gasteiger partial charge on any atom is 0.334 e. The van der Waals surface area contributed by atoms with Crippen molar-refractivity contribution in [1.29, 1.82) is 0 Å². The third kappa shape index (κ3) is 3.14. The molecule has 0 amide bonds. The van der Waals surface area contributed by atoms with Gasteiger partial charge in [-0.1, -0.05) is 20.4 Å². The van der Waals surface area contributed by atoms with E-state index in [1.807, 2.05) is 0 Å². The molecular formula is C15H30NO2+. The van der Waals surface area contributed by atoms with E-state index in [1.165, 1.54) is 6.08 Å². The van der Waals surface area contributed by atoms with Gasteiger partial charge in [-0.05, 0) is 27.2 Å². The first-order valence-electron chi connectivity index (χ1n) is 7.22. The van der Waals surface area contributed by atoms with Gasteiger partial charge in [0.05, 0.1) is 19.6 Å². The second-order valence-electron chi connectivity index (χ2n) is 4.77. The van der Waals surface area contributed by atoms with Crippen molar-refractivity contribution in [2.45, 2.75) is 59.6 Å². The number of ether oxygens (including phenoxy) is 1. The Morgan fingerprint density at radius 2 is 1.67 bits per heavy atom. The Morgan fingerprint density at radius 1 is 1.17 bits per heavy atom. The first-order chi connectivity index (χ1) is 8.51. The normalized spacial score (nSPS) is 14.9. The number of nitrogens with zero attached hydrogens (tertiary/aromatic N) is 1. The molecule has 0 heterocycles. The van der Waals surface area contributed by atoms with E-state index in [1.54, 1.807) is 0 Å². The summed E-state index contributed by atoms with van der Waals surface area (Å²) in [4.78, 5) is 11.7. The quantitative estimate of drug-likeness (QED) is 0.273. The highest BCUT2D eigenvalue weighted by Gasteiger charge is 2.49.